The predicted octanol–water partition coefficient (Wildman–Crippen LogP) is 0.0148. The molecule has 1 aromatic heterocycles. The van der Waals surface area contributed by atoms with Crippen LogP contribution in [0.2, 0.25) is 0 Å². The SMILES string of the molecule is Cc1c(CCCN)nnn1C. The zero-order valence-electron chi connectivity index (χ0n) is 7.04. The molecule has 0 radical (unpaired) electrons. The molecular formula is C7H14N4. The van der Waals surface area contributed by atoms with Crippen molar-refractivity contribution in [1.82, 2.24) is 15.0 Å². The van der Waals surface area contributed by atoms with E-state index >= 15 is 0 Å². The average Bonchev–Trinajstić information content (AvgIpc) is 2.31. The molecule has 0 amide bonds. The largest absolute Gasteiger partial charge is 0.330 e. The molecule has 4 heteroatoms. The molecular weight excluding hydrogens is 140 g/mol. The van der Waals surface area contributed by atoms with Gasteiger partial charge in [-0.15, -0.1) is 5.10 Å². The predicted molar refractivity (Wildman–Crippen MR) is 43.1 cm³/mol. The van der Waals surface area contributed by atoms with Crippen molar-refractivity contribution in [3.8, 4) is 0 Å². The number of nitrogens with zero attached hydrogens (tertiary/aromatic N) is 3. The van der Waals surface area contributed by atoms with Gasteiger partial charge in [-0.25, -0.2) is 0 Å². The first-order valence-corrected chi connectivity index (χ1v) is 3.81. The summed E-state index contributed by atoms with van der Waals surface area (Å²) in [5.41, 5.74) is 7.58. The Balaban J connectivity index is 2.63. The second kappa shape index (κ2) is 3.48. The van der Waals surface area contributed by atoms with Crippen molar-refractivity contribution >= 4 is 0 Å². The highest BCUT2D eigenvalue weighted by atomic mass is 15.4. The van der Waals surface area contributed by atoms with E-state index in [9.17, 15) is 0 Å². The molecule has 2 N–H and O–H groups in total. The van der Waals surface area contributed by atoms with Gasteiger partial charge >= 0.3 is 0 Å². The summed E-state index contributed by atoms with van der Waals surface area (Å²) in [6.45, 7) is 2.74. The van der Waals surface area contributed by atoms with Gasteiger partial charge in [0, 0.05) is 7.05 Å². The highest BCUT2D eigenvalue weighted by molar-refractivity contribution is 5.07. The van der Waals surface area contributed by atoms with E-state index in [0.717, 1.165) is 30.8 Å². The van der Waals surface area contributed by atoms with Gasteiger partial charge in [-0.3, -0.25) is 4.68 Å². The lowest BCUT2D eigenvalue weighted by Gasteiger charge is -1.95. The molecule has 0 saturated carbocycles. The molecule has 0 aliphatic heterocycles. The maximum atomic E-state index is 5.38. The molecule has 1 heterocycles. The summed E-state index contributed by atoms with van der Waals surface area (Å²) in [5, 5.41) is 7.91. The van der Waals surface area contributed by atoms with Gasteiger partial charge < -0.3 is 5.73 Å². The Morgan fingerprint density at radius 2 is 2.27 bits per heavy atom. The van der Waals surface area contributed by atoms with Crippen LogP contribution >= 0.6 is 0 Å². The van der Waals surface area contributed by atoms with Gasteiger partial charge in [0.25, 0.3) is 0 Å². The lowest BCUT2D eigenvalue weighted by atomic mass is 10.2. The van der Waals surface area contributed by atoms with E-state index in [4.69, 9.17) is 5.73 Å². The van der Waals surface area contributed by atoms with Gasteiger partial charge in [0.1, 0.15) is 0 Å². The third-order valence-corrected chi connectivity index (χ3v) is 1.82. The Bertz CT molecular complexity index is 228. The van der Waals surface area contributed by atoms with Crippen LogP contribution in [0.25, 0.3) is 0 Å². The van der Waals surface area contributed by atoms with Gasteiger partial charge in [0.05, 0.1) is 11.4 Å². The first-order chi connectivity index (χ1) is 5.25. The molecule has 0 spiro atoms. The van der Waals surface area contributed by atoms with E-state index in [1.54, 1.807) is 4.68 Å². The summed E-state index contributed by atoms with van der Waals surface area (Å²) >= 11 is 0. The van der Waals surface area contributed by atoms with Crippen LogP contribution in [-0.4, -0.2) is 21.5 Å². The van der Waals surface area contributed by atoms with Crippen molar-refractivity contribution in [2.45, 2.75) is 19.8 Å². The average molecular weight is 154 g/mol. The van der Waals surface area contributed by atoms with E-state index in [1.165, 1.54) is 0 Å². The summed E-state index contributed by atoms with van der Waals surface area (Å²) in [4.78, 5) is 0. The molecule has 11 heavy (non-hydrogen) atoms. The van der Waals surface area contributed by atoms with Gasteiger partial charge in [-0.1, -0.05) is 5.21 Å². The van der Waals surface area contributed by atoms with Crippen molar-refractivity contribution < 1.29 is 0 Å². The topological polar surface area (TPSA) is 56.7 Å². The number of rotatable bonds is 3. The van der Waals surface area contributed by atoms with Crippen LogP contribution in [0, 0.1) is 6.92 Å². The van der Waals surface area contributed by atoms with Crippen LogP contribution < -0.4 is 5.73 Å². The van der Waals surface area contributed by atoms with E-state index in [2.05, 4.69) is 10.3 Å². The summed E-state index contributed by atoms with van der Waals surface area (Å²) in [5.74, 6) is 0. The highest BCUT2D eigenvalue weighted by Crippen LogP contribution is 2.03. The summed E-state index contributed by atoms with van der Waals surface area (Å²) in [6, 6.07) is 0. The monoisotopic (exact) mass is 154 g/mol. The molecule has 1 rings (SSSR count). The van der Waals surface area contributed by atoms with Gasteiger partial charge in [0.15, 0.2) is 0 Å². The molecule has 0 aromatic carbocycles. The minimum atomic E-state index is 0.718. The van der Waals surface area contributed by atoms with E-state index < -0.39 is 0 Å². The van der Waals surface area contributed by atoms with Crippen LogP contribution in [0.15, 0.2) is 0 Å². The fourth-order valence-corrected chi connectivity index (χ4v) is 0.948. The normalized spacial score (nSPS) is 10.5. The minimum Gasteiger partial charge on any atom is -0.330 e. The summed E-state index contributed by atoms with van der Waals surface area (Å²) < 4.78 is 1.78. The highest BCUT2D eigenvalue weighted by Gasteiger charge is 2.03. The van der Waals surface area contributed by atoms with Crippen LogP contribution in [0.4, 0.5) is 0 Å². The van der Waals surface area contributed by atoms with Gasteiger partial charge in [0.2, 0.25) is 0 Å². The Kier molecular flexibility index (Phi) is 2.59. The molecule has 0 aliphatic carbocycles. The summed E-state index contributed by atoms with van der Waals surface area (Å²) in [6.07, 6.45) is 1.93. The number of aromatic nitrogens is 3. The number of nitrogens with two attached hydrogens (primary N) is 1. The second-order valence-corrected chi connectivity index (χ2v) is 2.64. The Morgan fingerprint density at radius 3 is 2.73 bits per heavy atom. The first kappa shape index (κ1) is 8.20. The standard InChI is InChI=1S/C7H14N4/c1-6-7(4-3-5-8)9-10-11(6)2/h3-5,8H2,1-2H3. The fourth-order valence-electron chi connectivity index (χ4n) is 0.948. The third-order valence-electron chi connectivity index (χ3n) is 1.82. The van der Waals surface area contributed by atoms with E-state index in [-0.39, 0.29) is 0 Å². The number of hydrogen-bond donors (Lipinski definition) is 1. The molecule has 0 saturated heterocycles. The maximum absolute atomic E-state index is 5.38. The van der Waals surface area contributed by atoms with Crippen LogP contribution in [0.1, 0.15) is 17.8 Å². The van der Waals surface area contributed by atoms with Crippen LogP contribution in [0.3, 0.4) is 0 Å². The van der Waals surface area contributed by atoms with Gasteiger partial charge in [-0.05, 0) is 26.3 Å². The van der Waals surface area contributed by atoms with Crippen molar-refractivity contribution in [2.24, 2.45) is 12.8 Å². The molecule has 1 aromatic rings. The van der Waals surface area contributed by atoms with Crippen molar-refractivity contribution in [1.29, 1.82) is 0 Å². The van der Waals surface area contributed by atoms with Crippen molar-refractivity contribution in [3.63, 3.8) is 0 Å². The second-order valence-electron chi connectivity index (χ2n) is 2.64. The summed E-state index contributed by atoms with van der Waals surface area (Å²) in [7, 11) is 1.90. The minimum absolute atomic E-state index is 0.718. The zero-order chi connectivity index (χ0) is 8.27. The molecule has 0 fully saturated rings. The number of aryl methyl sites for hydroxylation is 2. The van der Waals surface area contributed by atoms with Crippen LogP contribution in [-0.2, 0) is 13.5 Å². The molecule has 0 bridgehead atoms. The van der Waals surface area contributed by atoms with E-state index in [0.29, 0.717) is 0 Å². The lowest BCUT2D eigenvalue weighted by Crippen LogP contribution is -2.01. The fraction of sp³-hybridized carbons (Fsp3) is 0.714. The first-order valence-electron chi connectivity index (χ1n) is 3.81. The maximum Gasteiger partial charge on any atom is 0.0856 e. The van der Waals surface area contributed by atoms with E-state index in [1.807, 2.05) is 14.0 Å². The van der Waals surface area contributed by atoms with Crippen molar-refractivity contribution in [3.05, 3.63) is 11.4 Å². The van der Waals surface area contributed by atoms with Crippen LogP contribution in [0.5, 0.6) is 0 Å². The van der Waals surface area contributed by atoms with Gasteiger partial charge in [-0.2, -0.15) is 0 Å². The quantitative estimate of drug-likeness (QED) is 0.667. The van der Waals surface area contributed by atoms with Crippen molar-refractivity contribution in [2.75, 3.05) is 6.54 Å². The molecule has 0 aliphatic rings. The lowest BCUT2D eigenvalue weighted by molar-refractivity contribution is 0.696. The third kappa shape index (κ3) is 1.77. The Morgan fingerprint density at radius 1 is 1.55 bits per heavy atom. The zero-order valence-corrected chi connectivity index (χ0v) is 7.04. The Labute approximate surface area is 66.4 Å². The molecule has 0 unspecified atom stereocenters. The molecule has 4 nitrogen and oxygen atoms in total. The molecule has 62 valence electrons. The Hall–Kier alpha value is -0.900. The molecule has 0 atom stereocenters. The smallest absolute Gasteiger partial charge is 0.0856 e. The number of hydrogen-bond acceptors (Lipinski definition) is 3.